The molecule has 0 saturated heterocycles. The van der Waals surface area contributed by atoms with Crippen molar-refractivity contribution in [3.63, 3.8) is 0 Å². The second-order valence-corrected chi connectivity index (χ2v) is 6.14. The fourth-order valence-electron chi connectivity index (χ4n) is 3.01. The van der Waals surface area contributed by atoms with Crippen LogP contribution in [-0.2, 0) is 0 Å². The highest BCUT2D eigenvalue weighted by molar-refractivity contribution is 6.00. The molecule has 5 heteroatoms. The van der Waals surface area contributed by atoms with E-state index in [1.165, 1.54) is 12.1 Å². The van der Waals surface area contributed by atoms with Crippen LogP contribution in [0.15, 0.2) is 68.2 Å². The highest BCUT2D eigenvalue weighted by Gasteiger charge is 2.21. The van der Waals surface area contributed by atoms with Crippen molar-refractivity contribution in [3.8, 4) is 11.1 Å². The average Bonchev–Trinajstić information content (AvgIpc) is 2.95. The Balaban J connectivity index is 2.00. The summed E-state index contributed by atoms with van der Waals surface area (Å²) >= 11 is 0. The lowest BCUT2D eigenvalue weighted by Gasteiger charge is -2.09. The first-order chi connectivity index (χ1) is 12.5. The van der Waals surface area contributed by atoms with Gasteiger partial charge in [0.05, 0.1) is 5.56 Å². The summed E-state index contributed by atoms with van der Waals surface area (Å²) in [5.41, 5.74) is 2.76. The highest BCUT2D eigenvalue weighted by atomic mass is 19.1. The maximum absolute atomic E-state index is 13.8. The third-order valence-corrected chi connectivity index (χ3v) is 4.23. The van der Waals surface area contributed by atoms with E-state index in [1.807, 2.05) is 31.2 Å². The molecule has 2 heterocycles. The molecule has 0 unspecified atom stereocenters. The van der Waals surface area contributed by atoms with Crippen LogP contribution in [0.3, 0.4) is 0 Å². The first-order valence-corrected chi connectivity index (χ1v) is 8.19. The Morgan fingerprint density at radius 3 is 2.54 bits per heavy atom. The van der Waals surface area contributed by atoms with Gasteiger partial charge in [-0.1, -0.05) is 30.3 Å². The Labute approximate surface area is 148 Å². The van der Waals surface area contributed by atoms with Gasteiger partial charge in [0.25, 0.3) is 0 Å². The molecule has 0 spiro atoms. The lowest BCUT2D eigenvalue weighted by Crippen LogP contribution is -2.00. The predicted molar refractivity (Wildman–Crippen MR) is 99.3 cm³/mol. The number of hydrogen-bond donors (Lipinski definition) is 1. The van der Waals surface area contributed by atoms with E-state index in [0.717, 1.165) is 11.3 Å². The van der Waals surface area contributed by atoms with Crippen LogP contribution in [0.2, 0.25) is 0 Å². The molecule has 4 rings (SSSR count). The Morgan fingerprint density at radius 2 is 1.77 bits per heavy atom. The summed E-state index contributed by atoms with van der Waals surface area (Å²) in [4.78, 5) is 12.5. The molecule has 0 aliphatic heterocycles. The van der Waals surface area contributed by atoms with E-state index >= 15 is 0 Å². The summed E-state index contributed by atoms with van der Waals surface area (Å²) in [6.45, 7) is 3.64. The third kappa shape index (κ3) is 2.77. The first kappa shape index (κ1) is 16.1. The minimum absolute atomic E-state index is 0.289. The Hall–Kier alpha value is -3.34. The van der Waals surface area contributed by atoms with Crippen molar-refractivity contribution >= 4 is 22.5 Å². The fraction of sp³-hybridized carbons (Fsp3) is 0.0952. The molecule has 0 amide bonds. The molecule has 1 N–H and O–H groups in total. The van der Waals surface area contributed by atoms with Crippen molar-refractivity contribution in [2.24, 2.45) is 0 Å². The number of fused-ring (bicyclic) bond motifs is 1. The smallest absolute Gasteiger partial charge is 0.347 e. The summed E-state index contributed by atoms with van der Waals surface area (Å²) in [6, 6.07) is 15.4. The van der Waals surface area contributed by atoms with Gasteiger partial charge in [0.1, 0.15) is 22.5 Å². The lowest BCUT2D eigenvalue weighted by molar-refractivity contribution is 0.485. The van der Waals surface area contributed by atoms with E-state index < -0.39 is 11.4 Å². The number of furan rings is 1. The summed E-state index contributed by atoms with van der Waals surface area (Å²) in [5, 5.41) is 3.51. The van der Waals surface area contributed by atoms with Gasteiger partial charge in [0.15, 0.2) is 0 Å². The van der Waals surface area contributed by atoms with Gasteiger partial charge in [-0.2, -0.15) is 0 Å². The predicted octanol–water partition coefficient (Wildman–Crippen LogP) is 5.55. The molecule has 2 aromatic carbocycles. The minimum atomic E-state index is -0.513. The average molecular weight is 349 g/mol. The number of hydrogen-bond acceptors (Lipinski definition) is 4. The molecule has 0 fully saturated rings. The fourth-order valence-corrected chi connectivity index (χ4v) is 3.01. The molecule has 26 heavy (non-hydrogen) atoms. The number of benzene rings is 2. The second-order valence-electron chi connectivity index (χ2n) is 6.14. The van der Waals surface area contributed by atoms with Crippen molar-refractivity contribution in [1.82, 2.24) is 0 Å². The Kier molecular flexibility index (Phi) is 3.84. The van der Waals surface area contributed by atoms with Crippen LogP contribution in [0.4, 0.5) is 16.0 Å². The van der Waals surface area contributed by atoms with E-state index in [-0.39, 0.29) is 5.39 Å². The summed E-state index contributed by atoms with van der Waals surface area (Å²) in [5.74, 6) is 0.428. The van der Waals surface area contributed by atoms with Crippen LogP contribution in [0.5, 0.6) is 0 Å². The van der Waals surface area contributed by atoms with Crippen LogP contribution in [0.1, 0.15) is 11.3 Å². The van der Waals surface area contributed by atoms with E-state index in [0.29, 0.717) is 28.4 Å². The molecule has 4 nitrogen and oxygen atoms in total. The molecular weight excluding hydrogens is 333 g/mol. The number of anilines is 2. The van der Waals surface area contributed by atoms with Crippen molar-refractivity contribution in [3.05, 3.63) is 82.2 Å². The largest absolute Gasteiger partial charge is 0.439 e. The molecule has 0 bridgehead atoms. The molecule has 130 valence electrons. The van der Waals surface area contributed by atoms with Gasteiger partial charge in [-0.05, 0) is 43.2 Å². The van der Waals surface area contributed by atoms with Gasteiger partial charge in [-0.25, -0.2) is 9.18 Å². The third-order valence-electron chi connectivity index (χ3n) is 4.23. The SMILES string of the molecule is Cc1cc2oc(Nc3ccccc3C)c(-c3cccc(F)c3)c2c(=O)o1. The van der Waals surface area contributed by atoms with E-state index in [4.69, 9.17) is 8.83 Å². The molecule has 0 aliphatic carbocycles. The van der Waals surface area contributed by atoms with Gasteiger partial charge in [0, 0.05) is 11.8 Å². The van der Waals surface area contributed by atoms with Crippen LogP contribution >= 0.6 is 0 Å². The second kappa shape index (κ2) is 6.19. The summed E-state index contributed by atoms with van der Waals surface area (Å²) < 4.78 is 24.9. The highest BCUT2D eigenvalue weighted by Crippen LogP contribution is 2.39. The first-order valence-electron chi connectivity index (χ1n) is 8.19. The van der Waals surface area contributed by atoms with Gasteiger partial charge >= 0.3 is 5.63 Å². The molecule has 0 radical (unpaired) electrons. The molecule has 4 aromatic rings. The molecule has 0 atom stereocenters. The molecule has 0 aliphatic rings. The topological polar surface area (TPSA) is 55.4 Å². The van der Waals surface area contributed by atoms with Gasteiger partial charge < -0.3 is 14.2 Å². The Bertz CT molecular complexity index is 1170. The van der Waals surface area contributed by atoms with Gasteiger partial charge in [-0.3, -0.25) is 0 Å². The number of para-hydroxylation sites is 1. The standard InChI is InChI=1S/C21H16FNO3/c1-12-6-3-4-9-16(12)23-20-18(14-7-5-8-15(22)11-14)19-17(26-20)10-13(2)25-21(19)24/h3-11,23H,1-2H3. The van der Waals surface area contributed by atoms with Crippen molar-refractivity contribution < 1.29 is 13.2 Å². The summed E-state index contributed by atoms with van der Waals surface area (Å²) in [7, 11) is 0. The van der Waals surface area contributed by atoms with Gasteiger partial charge in [-0.15, -0.1) is 0 Å². The maximum Gasteiger partial charge on any atom is 0.347 e. The monoisotopic (exact) mass is 349 g/mol. The van der Waals surface area contributed by atoms with E-state index in [2.05, 4.69) is 5.32 Å². The molecular formula is C21H16FNO3. The lowest BCUT2D eigenvalue weighted by atomic mass is 10.0. The number of nitrogens with one attached hydrogen (secondary N) is 1. The Morgan fingerprint density at radius 1 is 0.962 bits per heavy atom. The van der Waals surface area contributed by atoms with Crippen LogP contribution in [0, 0.1) is 19.7 Å². The zero-order chi connectivity index (χ0) is 18.3. The number of halogens is 1. The quantitative estimate of drug-likeness (QED) is 0.527. The van der Waals surface area contributed by atoms with Crippen LogP contribution < -0.4 is 10.9 Å². The minimum Gasteiger partial charge on any atom is -0.439 e. The molecule has 0 saturated carbocycles. The van der Waals surface area contributed by atoms with E-state index in [9.17, 15) is 9.18 Å². The van der Waals surface area contributed by atoms with E-state index in [1.54, 1.807) is 25.1 Å². The maximum atomic E-state index is 13.8. The van der Waals surface area contributed by atoms with Crippen LogP contribution in [-0.4, -0.2) is 0 Å². The zero-order valence-corrected chi connectivity index (χ0v) is 14.3. The van der Waals surface area contributed by atoms with Crippen molar-refractivity contribution in [2.45, 2.75) is 13.8 Å². The van der Waals surface area contributed by atoms with Crippen LogP contribution in [0.25, 0.3) is 22.1 Å². The van der Waals surface area contributed by atoms with Gasteiger partial charge in [0.2, 0.25) is 5.88 Å². The molecule has 2 aromatic heterocycles. The van der Waals surface area contributed by atoms with Crippen molar-refractivity contribution in [1.29, 1.82) is 0 Å². The van der Waals surface area contributed by atoms with Crippen molar-refractivity contribution in [2.75, 3.05) is 5.32 Å². The summed E-state index contributed by atoms with van der Waals surface area (Å²) in [6.07, 6.45) is 0. The number of rotatable bonds is 3. The number of aryl methyl sites for hydroxylation is 2. The zero-order valence-electron chi connectivity index (χ0n) is 14.3. The normalized spacial score (nSPS) is 11.0.